The highest BCUT2D eigenvalue weighted by molar-refractivity contribution is 5.46. The number of aliphatic hydroxyl groups excluding tert-OH is 1. The van der Waals surface area contributed by atoms with Crippen LogP contribution in [0.5, 0.6) is 0 Å². The van der Waals surface area contributed by atoms with Crippen molar-refractivity contribution in [3.63, 3.8) is 0 Å². The largest absolute Gasteiger partial charge is 0.396 e. The van der Waals surface area contributed by atoms with E-state index in [1.165, 1.54) is 11.1 Å². The topological polar surface area (TPSA) is 49.2 Å². The smallest absolute Gasteiger partial charge is 0.135 e. The molecule has 2 heterocycles. The number of rotatable bonds is 4. The Bertz CT molecular complexity index is 716. The molecule has 4 heteroatoms. The number of aliphatic hydroxyl groups is 1. The maximum absolute atomic E-state index is 10.2. The number of hydrogen-bond donors (Lipinski definition) is 1. The molecule has 0 spiro atoms. The molecule has 0 amide bonds. The van der Waals surface area contributed by atoms with Gasteiger partial charge in [-0.3, -0.25) is 0 Å². The van der Waals surface area contributed by atoms with Crippen molar-refractivity contribution in [1.82, 2.24) is 9.97 Å². The number of anilines is 1. The van der Waals surface area contributed by atoms with Crippen molar-refractivity contribution in [2.75, 3.05) is 24.6 Å². The second-order valence-electron chi connectivity index (χ2n) is 7.21. The summed E-state index contributed by atoms with van der Waals surface area (Å²) >= 11 is 0. The number of nitrogens with zero attached hydrogens (tertiary/aromatic N) is 3. The van der Waals surface area contributed by atoms with Crippen molar-refractivity contribution >= 4 is 5.82 Å². The predicted octanol–water partition coefficient (Wildman–Crippen LogP) is 3.22. The van der Waals surface area contributed by atoms with E-state index in [1.807, 2.05) is 13.1 Å². The lowest BCUT2D eigenvalue weighted by atomic mass is 9.75. The second-order valence-corrected chi connectivity index (χ2v) is 7.21. The zero-order chi connectivity index (χ0) is 17.2. The third-order valence-corrected chi connectivity index (χ3v) is 5.19. The van der Waals surface area contributed by atoms with E-state index >= 15 is 0 Å². The average molecular weight is 325 g/mol. The zero-order valence-corrected chi connectivity index (χ0v) is 14.9. The highest BCUT2D eigenvalue weighted by Gasteiger charge is 2.36. The first-order chi connectivity index (χ1) is 11.5. The van der Waals surface area contributed by atoms with E-state index in [-0.39, 0.29) is 12.0 Å². The van der Waals surface area contributed by atoms with E-state index in [2.05, 4.69) is 53.0 Å². The van der Waals surface area contributed by atoms with Gasteiger partial charge in [-0.25, -0.2) is 9.97 Å². The Hall–Kier alpha value is -1.94. The van der Waals surface area contributed by atoms with Crippen LogP contribution in [0.3, 0.4) is 0 Å². The molecule has 1 saturated heterocycles. The molecule has 1 aromatic carbocycles. The molecule has 0 aliphatic carbocycles. The summed E-state index contributed by atoms with van der Waals surface area (Å²) in [4.78, 5) is 11.3. The Kier molecular flexibility index (Phi) is 4.86. The monoisotopic (exact) mass is 325 g/mol. The van der Waals surface area contributed by atoms with Crippen molar-refractivity contribution in [3.8, 4) is 0 Å². The summed E-state index contributed by atoms with van der Waals surface area (Å²) in [6.07, 6.45) is 4.94. The molecule has 24 heavy (non-hydrogen) atoms. The third-order valence-electron chi connectivity index (χ3n) is 5.19. The first-order valence-corrected chi connectivity index (χ1v) is 8.74. The Morgan fingerprint density at radius 1 is 1.17 bits per heavy atom. The third kappa shape index (κ3) is 3.44. The number of piperidine rings is 1. The fraction of sp³-hybridized carbons (Fsp3) is 0.500. The minimum atomic E-state index is -0.102. The van der Waals surface area contributed by atoms with Gasteiger partial charge in [-0.05, 0) is 51.2 Å². The van der Waals surface area contributed by atoms with Crippen LogP contribution in [0, 0.1) is 26.2 Å². The lowest BCUT2D eigenvalue weighted by Crippen LogP contribution is -2.47. The van der Waals surface area contributed by atoms with Gasteiger partial charge in [0.25, 0.3) is 0 Å². The quantitative estimate of drug-likeness (QED) is 0.938. The van der Waals surface area contributed by atoms with Gasteiger partial charge in [-0.15, -0.1) is 0 Å². The molecule has 3 rings (SSSR count). The van der Waals surface area contributed by atoms with Crippen LogP contribution in [0.15, 0.2) is 30.5 Å². The van der Waals surface area contributed by atoms with Gasteiger partial charge in [-0.1, -0.05) is 24.3 Å². The molecule has 1 fully saturated rings. The minimum Gasteiger partial charge on any atom is -0.396 e. The molecule has 4 nitrogen and oxygen atoms in total. The normalized spacial score (nSPS) is 21.1. The minimum absolute atomic E-state index is 0.102. The molecule has 1 aliphatic rings. The van der Waals surface area contributed by atoms with Crippen molar-refractivity contribution in [1.29, 1.82) is 0 Å². The van der Waals surface area contributed by atoms with Crippen molar-refractivity contribution in [2.24, 2.45) is 5.41 Å². The summed E-state index contributed by atoms with van der Waals surface area (Å²) in [5.74, 6) is 1.82. The molecular formula is C20H27N3O. The number of aromatic nitrogens is 2. The Labute approximate surface area is 144 Å². The molecule has 1 atom stereocenters. The van der Waals surface area contributed by atoms with Gasteiger partial charge in [0.2, 0.25) is 0 Å². The molecule has 0 radical (unpaired) electrons. The highest BCUT2D eigenvalue weighted by Crippen LogP contribution is 2.36. The predicted molar refractivity (Wildman–Crippen MR) is 97.4 cm³/mol. The van der Waals surface area contributed by atoms with Crippen LogP contribution in [0.4, 0.5) is 5.82 Å². The van der Waals surface area contributed by atoms with Crippen molar-refractivity contribution in [2.45, 2.75) is 40.0 Å². The fourth-order valence-electron chi connectivity index (χ4n) is 3.77. The number of hydrogen-bond acceptors (Lipinski definition) is 4. The first kappa shape index (κ1) is 16.9. The van der Waals surface area contributed by atoms with Crippen LogP contribution in [-0.2, 0) is 6.42 Å². The molecule has 0 unspecified atom stereocenters. The van der Waals surface area contributed by atoms with Crippen molar-refractivity contribution in [3.05, 3.63) is 53.0 Å². The zero-order valence-electron chi connectivity index (χ0n) is 14.9. The van der Waals surface area contributed by atoms with E-state index in [4.69, 9.17) is 0 Å². The first-order valence-electron chi connectivity index (χ1n) is 8.74. The molecule has 0 bridgehead atoms. The SMILES string of the molecule is Cc1ncc(C)c(N2CCC[C@](CO)(Cc3ccccc3C)C2)n1. The van der Waals surface area contributed by atoms with Crippen molar-refractivity contribution < 1.29 is 5.11 Å². The van der Waals surface area contributed by atoms with Crippen LogP contribution >= 0.6 is 0 Å². The van der Waals surface area contributed by atoms with Gasteiger partial charge in [0, 0.05) is 30.3 Å². The van der Waals surface area contributed by atoms with E-state index in [0.717, 1.165) is 49.6 Å². The lowest BCUT2D eigenvalue weighted by molar-refractivity contribution is 0.105. The summed E-state index contributed by atoms with van der Waals surface area (Å²) in [6.45, 7) is 8.19. The Balaban J connectivity index is 1.87. The number of aryl methyl sites for hydroxylation is 3. The maximum Gasteiger partial charge on any atom is 0.135 e. The molecular weight excluding hydrogens is 298 g/mol. The molecule has 2 aromatic rings. The van der Waals surface area contributed by atoms with Crippen LogP contribution in [0.25, 0.3) is 0 Å². The summed E-state index contributed by atoms with van der Waals surface area (Å²) in [5.41, 5.74) is 3.64. The van der Waals surface area contributed by atoms with E-state index in [1.54, 1.807) is 0 Å². The van der Waals surface area contributed by atoms with E-state index in [9.17, 15) is 5.11 Å². The van der Waals surface area contributed by atoms with E-state index in [0.29, 0.717) is 0 Å². The van der Waals surface area contributed by atoms with E-state index < -0.39 is 0 Å². The maximum atomic E-state index is 10.2. The Morgan fingerprint density at radius 3 is 2.71 bits per heavy atom. The van der Waals surface area contributed by atoms with Crippen LogP contribution in [-0.4, -0.2) is 34.8 Å². The molecule has 1 aromatic heterocycles. The molecule has 128 valence electrons. The molecule has 1 aliphatic heterocycles. The second kappa shape index (κ2) is 6.89. The average Bonchev–Trinajstić information content (AvgIpc) is 2.59. The van der Waals surface area contributed by atoms with Gasteiger partial charge < -0.3 is 10.0 Å². The van der Waals surface area contributed by atoms with Gasteiger partial charge in [0.15, 0.2) is 0 Å². The summed E-state index contributed by atoms with van der Waals surface area (Å²) in [5, 5.41) is 10.2. The molecule has 0 saturated carbocycles. The van der Waals surface area contributed by atoms with Crippen LogP contribution < -0.4 is 4.90 Å². The highest BCUT2D eigenvalue weighted by atomic mass is 16.3. The fourth-order valence-corrected chi connectivity index (χ4v) is 3.77. The van der Waals surface area contributed by atoms with Crippen LogP contribution in [0.1, 0.15) is 35.4 Å². The van der Waals surface area contributed by atoms with Gasteiger partial charge in [-0.2, -0.15) is 0 Å². The Morgan fingerprint density at radius 2 is 1.96 bits per heavy atom. The summed E-state index contributed by atoms with van der Waals surface area (Å²) in [6, 6.07) is 8.50. The molecule has 1 N–H and O–H groups in total. The van der Waals surface area contributed by atoms with Gasteiger partial charge in [0.1, 0.15) is 11.6 Å². The standard InChI is InChI=1S/C20H27N3O/c1-15-7-4-5-8-18(15)11-20(14-24)9-6-10-23(13-20)19-16(2)12-21-17(3)22-19/h4-5,7-8,12,24H,6,9-11,13-14H2,1-3H3/t20-/m0/s1. The van der Waals surface area contributed by atoms with Crippen LogP contribution in [0.2, 0.25) is 0 Å². The lowest BCUT2D eigenvalue weighted by Gasteiger charge is -2.43. The summed E-state index contributed by atoms with van der Waals surface area (Å²) in [7, 11) is 0. The summed E-state index contributed by atoms with van der Waals surface area (Å²) < 4.78 is 0. The van der Waals surface area contributed by atoms with Gasteiger partial charge >= 0.3 is 0 Å². The van der Waals surface area contributed by atoms with Gasteiger partial charge in [0.05, 0.1) is 6.61 Å². The number of benzene rings is 1.